The number of carbonyl (C=O) groups excluding carboxylic acids is 3. The number of amides is 2. The van der Waals surface area contributed by atoms with Crippen molar-refractivity contribution in [2.24, 2.45) is 10.9 Å². The maximum atomic E-state index is 12.1. The Labute approximate surface area is 173 Å². The van der Waals surface area contributed by atoms with Crippen LogP contribution in [0.4, 0.5) is 5.69 Å². The minimum Gasteiger partial charge on any atom is -0.384 e. The van der Waals surface area contributed by atoms with E-state index in [9.17, 15) is 14.4 Å². The Balaban J connectivity index is 1.77. The molecular weight excluding hydrogens is 396 g/mol. The normalized spacial score (nSPS) is 10.9. The Bertz CT molecular complexity index is 922. The van der Waals surface area contributed by atoms with Crippen LogP contribution < -0.4 is 16.4 Å². The van der Waals surface area contributed by atoms with Gasteiger partial charge >= 0.3 is 5.97 Å². The van der Waals surface area contributed by atoms with Gasteiger partial charge in [-0.25, -0.2) is 4.79 Å². The van der Waals surface area contributed by atoms with Crippen LogP contribution in [-0.4, -0.2) is 30.2 Å². The second-order valence-corrected chi connectivity index (χ2v) is 6.77. The quantitative estimate of drug-likeness (QED) is 0.277. The van der Waals surface area contributed by atoms with Crippen LogP contribution in [0.1, 0.15) is 27.9 Å². The highest BCUT2D eigenvalue weighted by molar-refractivity contribution is 6.30. The third kappa shape index (κ3) is 7.63. The van der Waals surface area contributed by atoms with Crippen molar-refractivity contribution in [1.29, 1.82) is 0 Å². The molecule has 0 saturated heterocycles. The number of benzene rings is 2. The van der Waals surface area contributed by atoms with Gasteiger partial charge in [0.05, 0.1) is 6.42 Å². The molecule has 9 heteroatoms. The van der Waals surface area contributed by atoms with Crippen molar-refractivity contribution < 1.29 is 19.2 Å². The zero-order valence-electron chi connectivity index (χ0n) is 16.0. The largest absolute Gasteiger partial charge is 0.384 e. The number of hydrogen-bond acceptors (Lipinski definition) is 5. The van der Waals surface area contributed by atoms with Gasteiger partial charge in [0, 0.05) is 16.3 Å². The van der Waals surface area contributed by atoms with Crippen molar-refractivity contribution in [3.63, 3.8) is 0 Å². The van der Waals surface area contributed by atoms with Crippen molar-refractivity contribution in [1.82, 2.24) is 5.32 Å². The first-order valence-corrected chi connectivity index (χ1v) is 9.05. The van der Waals surface area contributed by atoms with Crippen LogP contribution >= 0.6 is 11.6 Å². The van der Waals surface area contributed by atoms with E-state index in [0.29, 0.717) is 16.3 Å². The van der Waals surface area contributed by atoms with Gasteiger partial charge in [0.2, 0.25) is 5.91 Å². The van der Waals surface area contributed by atoms with Crippen LogP contribution in [0.3, 0.4) is 0 Å². The smallest absolute Gasteiger partial charge is 0.354 e. The molecule has 0 unspecified atom stereocenters. The van der Waals surface area contributed by atoms with Crippen LogP contribution in [0.25, 0.3) is 0 Å². The van der Waals surface area contributed by atoms with Gasteiger partial charge in [0.15, 0.2) is 0 Å². The summed E-state index contributed by atoms with van der Waals surface area (Å²) in [6, 6.07) is 11.9. The van der Waals surface area contributed by atoms with Crippen molar-refractivity contribution in [2.75, 3.05) is 11.9 Å². The number of halogens is 1. The minimum absolute atomic E-state index is 0.189. The Morgan fingerprint density at radius 3 is 2.31 bits per heavy atom. The first-order valence-electron chi connectivity index (χ1n) is 8.67. The Morgan fingerprint density at radius 1 is 1.07 bits per heavy atom. The summed E-state index contributed by atoms with van der Waals surface area (Å²) in [6.07, 6.45) is -0.273. The number of anilines is 1. The lowest BCUT2D eigenvalue weighted by molar-refractivity contribution is -0.142. The summed E-state index contributed by atoms with van der Waals surface area (Å²) in [7, 11) is 0. The molecule has 0 spiro atoms. The fourth-order valence-corrected chi connectivity index (χ4v) is 2.56. The lowest BCUT2D eigenvalue weighted by Gasteiger charge is -2.06. The third-order valence-electron chi connectivity index (χ3n) is 3.61. The molecule has 2 rings (SSSR count). The summed E-state index contributed by atoms with van der Waals surface area (Å²) in [5.74, 6) is -1.85. The van der Waals surface area contributed by atoms with Crippen LogP contribution in [0.15, 0.2) is 47.6 Å². The summed E-state index contributed by atoms with van der Waals surface area (Å²) in [6.45, 7) is 3.36. The summed E-state index contributed by atoms with van der Waals surface area (Å²) >= 11 is 5.77. The average Bonchev–Trinajstić information content (AvgIpc) is 2.65. The van der Waals surface area contributed by atoms with E-state index >= 15 is 0 Å². The molecule has 0 radical (unpaired) electrons. The summed E-state index contributed by atoms with van der Waals surface area (Å²) in [5, 5.41) is 8.99. The summed E-state index contributed by atoms with van der Waals surface area (Å²) in [4.78, 5) is 40.3. The van der Waals surface area contributed by atoms with Crippen molar-refractivity contribution in [3.8, 4) is 0 Å². The fraction of sp³-hybridized carbons (Fsp3) is 0.200. The summed E-state index contributed by atoms with van der Waals surface area (Å²) < 4.78 is 0. The molecule has 0 aliphatic rings. The Morgan fingerprint density at radius 2 is 1.69 bits per heavy atom. The van der Waals surface area contributed by atoms with E-state index in [1.807, 2.05) is 19.9 Å². The van der Waals surface area contributed by atoms with Crippen molar-refractivity contribution in [2.45, 2.75) is 20.3 Å². The van der Waals surface area contributed by atoms with Gasteiger partial charge < -0.3 is 21.2 Å². The number of nitrogens with zero attached hydrogens (tertiary/aromatic N) is 1. The maximum absolute atomic E-state index is 12.1. The first-order chi connectivity index (χ1) is 13.7. The number of aryl methyl sites for hydroxylation is 2. The first kappa shape index (κ1) is 21.9. The number of carbonyl (C=O) groups is 3. The molecule has 0 aliphatic carbocycles. The highest BCUT2D eigenvalue weighted by atomic mass is 35.5. The molecule has 0 saturated carbocycles. The highest BCUT2D eigenvalue weighted by Gasteiger charge is 2.11. The average molecular weight is 417 g/mol. The molecule has 0 atom stereocenters. The molecule has 0 aromatic heterocycles. The van der Waals surface area contributed by atoms with E-state index in [2.05, 4.69) is 20.6 Å². The molecule has 2 aromatic carbocycles. The maximum Gasteiger partial charge on any atom is 0.354 e. The van der Waals surface area contributed by atoms with Gasteiger partial charge in [-0.1, -0.05) is 33.9 Å². The number of oxime groups is 1. The topological polar surface area (TPSA) is 123 Å². The number of amidine groups is 1. The lowest BCUT2D eigenvalue weighted by Crippen LogP contribution is -2.30. The van der Waals surface area contributed by atoms with Crippen molar-refractivity contribution >= 4 is 40.9 Å². The Hall–Kier alpha value is -3.39. The number of hydrogen-bond donors (Lipinski definition) is 3. The van der Waals surface area contributed by atoms with Gasteiger partial charge in [0.25, 0.3) is 5.91 Å². The molecule has 0 heterocycles. The molecule has 2 aromatic rings. The van der Waals surface area contributed by atoms with Crippen LogP contribution in [0.5, 0.6) is 0 Å². The molecule has 0 fully saturated rings. The van der Waals surface area contributed by atoms with Gasteiger partial charge in [-0.05, 0) is 50.2 Å². The molecule has 29 heavy (non-hydrogen) atoms. The van der Waals surface area contributed by atoms with E-state index in [-0.39, 0.29) is 18.8 Å². The van der Waals surface area contributed by atoms with E-state index in [0.717, 1.165) is 11.1 Å². The van der Waals surface area contributed by atoms with Gasteiger partial charge in [-0.3, -0.25) is 9.59 Å². The van der Waals surface area contributed by atoms with Crippen LogP contribution in [0, 0.1) is 13.8 Å². The van der Waals surface area contributed by atoms with E-state index in [1.165, 1.54) is 0 Å². The zero-order chi connectivity index (χ0) is 21.4. The van der Waals surface area contributed by atoms with E-state index in [4.69, 9.17) is 17.3 Å². The minimum atomic E-state index is -0.816. The van der Waals surface area contributed by atoms with Gasteiger partial charge in [-0.15, -0.1) is 0 Å². The number of nitrogens with two attached hydrogens (primary N) is 1. The molecule has 152 valence electrons. The van der Waals surface area contributed by atoms with Gasteiger partial charge in [-0.2, -0.15) is 0 Å². The molecule has 0 aliphatic heterocycles. The lowest BCUT2D eigenvalue weighted by atomic mass is 10.1. The third-order valence-corrected chi connectivity index (χ3v) is 3.86. The second-order valence-electron chi connectivity index (χ2n) is 6.34. The number of nitrogens with one attached hydrogen (secondary N) is 2. The Kier molecular flexibility index (Phi) is 7.73. The zero-order valence-corrected chi connectivity index (χ0v) is 16.7. The highest BCUT2D eigenvalue weighted by Crippen LogP contribution is 2.13. The predicted molar refractivity (Wildman–Crippen MR) is 111 cm³/mol. The molecular formula is C20H21ClN4O4. The molecule has 4 N–H and O–H groups in total. The van der Waals surface area contributed by atoms with Crippen LogP contribution in [0.2, 0.25) is 5.02 Å². The SMILES string of the molecule is Cc1cc(C)cc(C(=O)NCC(=O)ON=C(N)CC(=O)Nc2ccc(Cl)cc2)c1. The van der Waals surface area contributed by atoms with Crippen molar-refractivity contribution in [3.05, 3.63) is 64.2 Å². The molecule has 8 nitrogen and oxygen atoms in total. The second kappa shape index (κ2) is 10.2. The van der Waals surface area contributed by atoms with E-state index in [1.54, 1.807) is 36.4 Å². The monoisotopic (exact) mass is 416 g/mol. The van der Waals surface area contributed by atoms with Gasteiger partial charge in [0.1, 0.15) is 12.4 Å². The fourth-order valence-electron chi connectivity index (χ4n) is 2.44. The standard InChI is InChI=1S/C20H21ClN4O4/c1-12-7-13(2)9-14(8-12)20(28)23-11-19(27)29-25-17(22)10-18(26)24-16-5-3-15(21)4-6-16/h3-9H,10-11H2,1-2H3,(H2,22,25)(H,23,28)(H,24,26). The van der Waals surface area contributed by atoms with E-state index < -0.39 is 17.8 Å². The summed E-state index contributed by atoms with van der Waals surface area (Å²) in [5.41, 5.74) is 8.44. The molecule has 2 amide bonds. The molecule has 0 bridgehead atoms. The van der Waals surface area contributed by atoms with Crippen LogP contribution in [-0.2, 0) is 14.4 Å². The number of rotatable bonds is 7. The predicted octanol–water partition coefficient (Wildman–Crippen LogP) is 2.53.